The van der Waals surface area contributed by atoms with Gasteiger partial charge in [-0.1, -0.05) is 177 Å². The average molecular weight is 893 g/mol. The predicted octanol–water partition coefficient (Wildman–Crippen LogP) is 17.6. The molecule has 1 aromatic heterocycles. The van der Waals surface area contributed by atoms with Crippen molar-refractivity contribution in [2.45, 2.75) is 77.0 Å². The fourth-order valence-electron chi connectivity index (χ4n) is 12.3. The van der Waals surface area contributed by atoms with Gasteiger partial charge in [0, 0.05) is 49.9 Å². The highest BCUT2D eigenvalue weighted by molar-refractivity contribution is 6.09. The molecule has 0 saturated carbocycles. The monoisotopic (exact) mass is 892 g/mol. The second kappa shape index (κ2) is 14.5. The minimum Gasteiger partial charge on any atom is -0.457 e. The molecule has 0 saturated heterocycles. The van der Waals surface area contributed by atoms with Gasteiger partial charge in [0.15, 0.2) is 0 Å². The summed E-state index contributed by atoms with van der Waals surface area (Å²) in [6.07, 6.45) is 0. The van der Waals surface area contributed by atoms with Gasteiger partial charge in [-0.2, -0.15) is 0 Å². The zero-order valence-corrected chi connectivity index (χ0v) is 40.8. The quantitative estimate of drug-likeness (QED) is 0.175. The van der Waals surface area contributed by atoms with Crippen molar-refractivity contribution in [3.8, 4) is 39.4 Å². The number of benzene rings is 9. The van der Waals surface area contributed by atoms with E-state index in [1.807, 2.05) is 0 Å². The molecule has 10 aromatic rings. The van der Waals surface area contributed by atoms with Crippen molar-refractivity contribution in [2.75, 3.05) is 4.90 Å². The molecule has 0 atom stereocenters. The van der Waals surface area contributed by atoms with Gasteiger partial charge in [0.05, 0.1) is 22.1 Å². The number of para-hydroxylation sites is 2. The molecule has 336 valence electrons. The van der Waals surface area contributed by atoms with Gasteiger partial charge in [-0.05, 0) is 134 Å². The van der Waals surface area contributed by atoms with Gasteiger partial charge in [-0.3, -0.25) is 0 Å². The molecule has 3 heteroatoms. The summed E-state index contributed by atoms with van der Waals surface area (Å²) in [7, 11) is 0. The van der Waals surface area contributed by atoms with Gasteiger partial charge in [-0.15, -0.1) is 0 Å². The second-order valence-electron chi connectivity index (χ2n) is 22.1. The molecule has 0 unspecified atom stereocenters. The molecular weight excluding hydrogens is 837 g/mol. The standard InChI is InChI=1S/C66H56N2O/c1-63(2,3)41-31-35-60-55(37-41)66(56-38-42(64(4,5)6)32-36-61(56)69-60)52-26-14-10-24-50(52)62-53(66)27-18-30-59(62)67(45-33-34-47-46-21-9-13-25-51(46)65(7,8)54(47)40-45)43-19-17-20-44(39-43)68-57-28-15-11-22-48(57)49-23-12-16-29-58(49)68/h9-40H,1-8H3. The number of hydrogen-bond donors (Lipinski definition) is 0. The Balaban J connectivity index is 1.12. The van der Waals surface area contributed by atoms with Gasteiger partial charge in [0.1, 0.15) is 11.5 Å². The largest absolute Gasteiger partial charge is 0.457 e. The zero-order valence-electron chi connectivity index (χ0n) is 40.8. The highest BCUT2D eigenvalue weighted by Crippen LogP contribution is 2.65. The number of nitrogens with zero attached hydrogens (tertiary/aromatic N) is 2. The summed E-state index contributed by atoms with van der Waals surface area (Å²) in [5, 5.41) is 2.50. The van der Waals surface area contributed by atoms with Crippen LogP contribution in [0.1, 0.15) is 99.9 Å². The van der Waals surface area contributed by atoms with Gasteiger partial charge < -0.3 is 14.2 Å². The lowest BCUT2D eigenvalue weighted by Crippen LogP contribution is -2.33. The van der Waals surface area contributed by atoms with Crippen molar-refractivity contribution in [1.29, 1.82) is 0 Å². The van der Waals surface area contributed by atoms with Gasteiger partial charge in [0.2, 0.25) is 0 Å². The molecule has 0 amide bonds. The minimum atomic E-state index is -0.661. The molecule has 0 fully saturated rings. The Labute approximate surface area is 406 Å². The van der Waals surface area contributed by atoms with Crippen molar-refractivity contribution >= 4 is 38.9 Å². The predicted molar refractivity (Wildman–Crippen MR) is 288 cm³/mol. The van der Waals surface area contributed by atoms with Crippen molar-refractivity contribution in [3.63, 3.8) is 0 Å². The first-order valence-electron chi connectivity index (χ1n) is 24.6. The van der Waals surface area contributed by atoms with E-state index in [2.05, 4.69) is 259 Å². The smallest absolute Gasteiger partial charge is 0.132 e. The Kier molecular flexibility index (Phi) is 8.70. The van der Waals surface area contributed by atoms with Gasteiger partial charge in [-0.25, -0.2) is 0 Å². The van der Waals surface area contributed by atoms with Crippen LogP contribution in [-0.4, -0.2) is 4.57 Å². The molecule has 2 heterocycles. The number of aromatic nitrogens is 1. The molecule has 9 aromatic carbocycles. The molecule has 1 aliphatic heterocycles. The van der Waals surface area contributed by atoms with E-state index < -0.39 is 5.41 Å². The van der Waals surface area contributed by atoms with Crippen molar-refractivity contribution in [1.82, 2.24) is 4.57 Å². The highest BCUT2D eigenvalue weighted by Gasteiger charge is 2.53. The van der Waals surface area contributed by atoms with Crippen LogP contribution in [-0.2, 0) is 21.7 Å². The Morgan fingerprint density at radius 1 is 0.420 bits per heavy atom. The van der Waals surface area contributed by atoms with Gasteiger partial charge >= 0.3 is 0 Å². The van der Waals surface area contributed by atoms with Crippen LogP contribution in [0.25, 0.3) is 49.7 Å². The Bertz CT molecular complexity index is 3660. The maximum Gasteiger partial charge on any atom is 0.132 e. The van der Waals surface area contributed by atoms with Crippen LogP contribution in [0.15, 0.2) is 194 Å². The first kappa shape index (κ1) is 41.6. The maximum atomic E-state index is 7.03. The van der Waals surface area contributed by atoms with E-state index in [1.165, 1.54) is 88.6 Å². The van der Waals surface area contributed by atoms with E-state index >= 15 is 0 Å². The van der Waals surface area contributed by atoms with Crippen LogP contribution in [0.2, 0.25) is 0 Å². The third-order valence-corrected chi connectivity index (χ3v) is 15.8. The molecule has 0 radical (unpaired) electrons. The lowest BCUT2D eigenvalue weighted by atomic mass is 9.64. The molecule has 0 N–H and O–H groups in total. The molecule has 1 spiro atoms. The number of ether oxygens (including phenoxy) is 1. The van der Waals surface area contributed by atoms with Crippen LogP contribution in [0, 0.1) is 0 Å². The second-order valence-corrected chi connectivity index (χ2v) is 22.1. The molecule has 3 nitrogen and oxygen atoms in total. The molecule has 69 heavy (non-hydrogen) atoms. The average Bonchev–Trinajstić information content (AvgIpc) is 3.93. The normalized spacial score (nSPS) is 14.7. The van der Waals surface area contributed by atoms with Crippen LogP contribution in [0.5, 0.6) is 11.5 Å². The fraction of sp³-hybridized carbons (Fsp3) is 0.182. The zero-order chi connectivity index (χ0) is 47.2. The van der Waals surface area contributed by atoms with Crippen LogP contribution >= 0.6 is 0 Å². The summed E-state index contributed by atoms with van der Waals surface area (Å²) in [6, 6.07) is 73.1. The molecular formula is C66H56N2O. The first-order chi connectivity index (χ1) is 33.2. The number of hydrogen-bond acceptors (Lipinski definition) is 2. The van der Waals surface area contributed by atoms with Gasteiger partial charge in [0.25, 0.3) is 0 Å². The van der Waals surface area contributed by atoms with Crippen molar-refractivity contribution in [3.05, 3.63) is 239 Å². The van der Waals surface area contributed by atoms with Crippen molar-refractivity contribution < 1.29 is 4.74 Å². The maximum absolute atomic E-state index is 7.03. The van der Waals surface area contributed by atoms with Crippen LogP contribution in [0.3, 0.4) is 0 Å². The van der Waals surface area contributed by atoms with Crippen LogP contribution in [0.4, 0.5) is 17.1 Å². The molecule has 3 aliphatic rings. The molecule has 2 aliphatic carbocycles. The Hall–Kier alpha value is -7.62. The summed E-state index contributed by atoms with van der Waals surface area (Å²) < 4.78 is 9.47. The Morgan fingerprint density at radius 2 is 0.957 bits per heavy atom. The third kappa shape index (κ3) is 5.86. The molecule has 13 rings (SSSR count). The third-order valence-electron chi connectivity index (χ3n) is 15.8. The van der Waals surface area contributed by atoms with Crippen LogP contribution < -0.4 is 9.64 Å². The number of rotatable bonds is 4. The summed E-state index contributed by atoms with van der Waals surface area (Å²) in [5.74, 6) is 1.81. The van der Waals surface area contributed by atoms with E-state index in [-0.39, 0.29) is 16.2 Å². The lowest BCUT2D eigenvalue weighted by molar-refractivity contribution is 0.433. The summed E-state index contributed by atoms with van der Waals surface area (Å²) in [4.78, 5) is 2.55. The van der Waals surface area contributed by atoms with E-state index in [1.54, 1.807) is 0 Å². The SMILES string of the molecule is CC(C)(C)c1ccc2c(c1)C1(c3cc(C(C)(C)C)ccc3O2)c2ccccc2-c2c(N(c3cccc(-n4c5ccccc5c5ccccc54)c3)c3ccc4c(c3)C(C)(C)c3ccccc3-4)cccc21. The summed E-state index contributed by atoms with van der Waals surface area (Å²) in [6.45, 7) is 18.6. The van der Waals surface area contributed by atoms with E-state index in [4.69, 9.17) is 4.74 Å². The van der Waals surface area contributed by atoms with Crippen molar-refractivity contribution in [2.24, 2.45) is 0 Å². The Morgan fingerprint density at radius 3 is 1.61 bits per heavy atom. The lowest BCUT2D eigenvalue weighted by Gasteiger charge is -2.41. The fourth-order valence-corrected chi connectivity index (χ4v) is 12.3. The molecule has 0 bridgehead atoms. The number of fused-ring (bicyclic) bond motifs is 15. The van der Waals surface area contributed by atoms with E-state index in [0.717, 1.165) is 34.2 Å². The number of anilines is 3. The minimum absolute atomic E-state index is 0.0776. The topological polar surface area (TPSA) is 17.4 Å². The van der Waals surface area contributed by atoms with E-state index in [9.17, 15) is 0 Å². The summed E-state index contributed by atoms with van der Waals surface area (Å²) >= 11 is 0. The van der Waals surface area contributed by atoms with E-state index in [0.29, 0.717) is 0 Å². The summed E-state index contributed by atoms with van der Waals surface area (Å²) in [5.41, 5.74) is 21.1. The first-order valence-corrected chi connectivity index (χ1v) is 24.6. The highest BCUT2D eigenvalue weighted by atomic mass is 16.5.